The third-order valence-corrected chi connectivity index (χ3v) is 3.17. The first-order valence-corrected chi connectivity index (χ1v) is 5.88. The maximum absolute atomic E-state index is 11.7. The molecule has 5 heteroatoms. The standard InChI is InChI=1S/C13H17NO4/c1-18-12-4-9(2-3-11(12)16)6-14-7-10(8-15)5-13(14)17/h2-4,10,15-16H,5-8H2,1H3. The van der Waals surface area contributed by atoms with Crippen molar-refractivity contribution in [1.29, 1.82) is 0 Å². The number of nitrogens with zero attached hydrogens (tertiary/aromatic N) is 1. The fraction of sp³-hybridized carbons (Fsp3) is 0.462. The molecular weight excluding hydrogens is 234 g/mol. The topological polar surface area (TPSA) is 70.0 Å². The molecular formula is C13H17NO4. The Morgan fingerprint density at radius 1 is 1.50 bits per heavy atom. The Morgan fingerprint density at radius 3 is 2.89 bits per heavy atom. The van der Waals surface area contributed by atoms with Crippen LogP contribution in [0.1, 0.15) is 12.0 Å². The molecule has 0 spiro atoms. The van der Waals surface area contributed by atoms with Gasteiger partial charge in [-0.2, -0.15) is 0 Å². The van der Waals surface area contributed by atoms with Crippen molar-refractivity contribution in [3.05, 3.63) is 23.8 Å². The van der Waals surface area contributed by atoms with Gasteiger partial charge in [-0.05, 0) is 17.7 Å². The van der Waals surface area contributed by atoms with Crippen LogP contribution in [0.5, 0.6) is 11.5 Å². The molecule has 18 heavy (non-hydrogen) atoms. The van der Waals surface area contributed by atoms with Crippen molar-refractivity contribution in [1.82, 2.24) is 4.90 Å². The number of carbonyl (C=O) groups excluding carboxylic acids is 1. The van der Waals surface area contributed by atoms with Crippen molar-refractivity contribution in [2.24, 2.45) is 5.92 Å². The predicted molar refractivity (Wildman–Crippen MR) is 65.3 cm³/mol. The Morgan fingerprint density at radius 2 is 2.28 bits per heavy atom. The van der Waals surface area contributed by atoms with E-state index in [1.807, 2.05) is 0 Å². The van der Waals surface area contributed by atoms with Crippen LogP contribution in [0.2, 0.25) is 0 Å². The number of carbonyl (C=O) groups is 1. The summed E-state index contributed by atoms with van der Waals surface area (Å²) in [5, 5.41) is 18.5. The van der Waals surface area contributed by atoms with E-state index in [1.165, 1.54) is 7.11 Å². The van der Waals surface area contributed by atoms with Gasteiger partial charge in [0, 0.05) is 32.0 Å². The molecule has 1 fully saturated rings. The normalized spacial score (nSPS) is 19.3. The minimum absolute atomic E-state index is 0.0384. The molecule has 1 amide bonds. The highest BCUT2D eigenvalue weighted by atomic mass is 16.5. The first-order valence-electron chi connectivity index (χ1n) is 5.88. The van der Waals surface area contributed by atoms with Gasteiger partial charge in [0.1, 0.15) is 0 Å². The van der Waals surface area contributed by atoms with Gasteiger partial charge in [-0.3, -0.25) is 4.79 Å². The molecule has 1 aromatic rings. The van der Waals surface area contributed by atoms with Gasteiger partial charge in [0.25, 0.3) is 0 Å². The molecule has 0 aromatic heterocycles. The van der Waals surface area contributed by atoms with Crippen LogP contribution >= 0.6 is 0 Å². The van der Waals surface area contributed by atoms with Gasteiger partial charge in [0.05, 0.1) is 7.11 Å². The first kappa shape index (κ1) is 12.7. The number of rotatable bonds is 4. The lowest BCUT2D eigenvalue weighted by Gasteiger charge is -2.17. The number of hydrogen-bond acceptors (Lipinski definition) is 4. The van der Waals surface area contributed by atoms with Crippen LogP contribution in [-0.4, -0.2) is 41.3 Å². The van der Waals surface area contributed by atoms with E-state index in [2.05, 4.69) is 0 Å². The highest BCUT2D eigenvalue weighted by molar-refractivity contribution is 5.78. The number of aromatic hydroxyl groups is 1. The summed E-state index contributed by atoms with van der Waals surface area (Å²) in [6, 6.07) is 5.03. The van der Waals surface area contributed by atoms with E-state index >= 15 is 0 Å². The number of likely N-dealkylation sites (tertiary alicyclic amines) is 1. The molecule has 0 saturated carbocycles. The van der Waals surface area contributed by atoms with Crippen LogP contribution in [0.4, 0.5) is 0 Å². The largest absolute Gasteiger partial charge is 0.504 e. The average Bonchev–Trinajstić information content (AvgIpc) is 2.72. The van der Waals surface area contributed by atoms with Crippen LogP contribution in [0.15, 0.2) is 18.2 Å². The Kier molecular flexibility index (Phi) is 3.72. The Hall–Kier alpha value is -1.75. The minimum Gasteiger partial charge on any atom is -0.504 e. The molecule has 2 rings (SSSR count). The number of amides is 1. The van der Waals surface area contributed by atoms with Gasteiger partial charge < -0.3 is 19.8 Å². The number of benzene rings is 1. The van der Waals surface area contributed by atoms with E-state index in [9.17, 15) is 9.90 Å². The second kappa shape index (κ2) is 5.27. The van der Waals surface area contributed by atoms with E-state index in [-0.39, 0.29) is 24.2 Å². The second-order valence-corrected chi connectivity index (χ2v) is 4.53. The number of phenols is 1. The summed E-state index contributed by atoms with van der Waals surface area (Å²) in [5.74, 6) is 0.581. The minimum atomic E-state index is 0.0384. The Bertz CT molecular complexity index is 447. The maximum atomic E-state index is 11.7. The van der Waals surface area contributed by atoms with Crippen molar-refractivity contribution in [3.63, 3.8) is 0 Å². The molecule has 0 aliphatic carbocycles. The fourth-order valence-corrected chi connectivity index (χ4v) is 2.17. The molecule has 1 aliphatic rings. The molecule has 0 radical (unpaired) electrons. The number of hydrogen-bond donors (Lipinski definition) is 2. The SMILES string of the molecule is COc1cc(CN2CC(CO)CC2=O)ccc1O. The van der Waals surface area contributed by atoms with Crippen LogP contribution in [0.25, 0.3) is 0 Å². The third kappa shape index (κ3) is 2.56. The van der Waals surface area contributed by atoms with Crippen molar-refractivity contribution >= 4 is 5.91 Å². The molecule has 1 saturated heterocycles. The molecule has 98 valence electrons. The smallest absolute Gasteiger partial charge is 0.223 e. The number of aliphatic hydroxyl groups excluding tert-OH is 1. The quantitative estimate of drug-likeness (QED) is 0.828. The van der Waals surface area contributed by atoms with Gasteiger partial charge >= 0.3 is 0 Å². The summed E-state index contributed by atoms with van der Waals surface area (Å²) in [6.07, 6.45) is 0.408. The van der Waals surface area contributed by atoms with Crippen LogP contribution in [-0.2, 0) is 11.3 Å². The monoisotopic (exact) mass is 251 g/mol. The molecule has 0 bridgehead atoms. The molecule has 1 aromatic carbocycles. The van der Waals surface area contributed by atoms with E-state index in [0.29, 0.717) is 25.3 Å². The van der Waals surface area contributed by atoms with Crippen LogP contribution < -0.4 is 4.74 Å². The first-order chi connectivity index (χ1) is 8.63. The Labute approximate surface area is 106 Å². The van der Waals surface area contributed by atoms with Gasteiger partial charge in [0.2, 0.25) is 5.91 Å². The fourth-order valence-electron chi connectivity index (χ4n) is 2.17. The van der Waals surface area contributed by atoms with Gasteiger partial charge in [-0.25, -0.2) is 0 Å². The molecule has 1 unspecified atom stereocenters. The number of ether oxygens (including phenoxy) is 1. The molecule has 1 atom stereocenters. The predicted octanol–water partition coefficient (Wildman–Crippen LogP) is 0.742. The zero-order chi connectivity index (χ0) is 13.1. The summed E-state index contributed by atoms with van der Waals surface area (Å²) < 4.78 is 5.03. The molecule has 1 heterocycles. The van der Waals surface area contributed by atoms with Crippen molar-refractivity contribution in [2.45, 2.75) is 13.0 Å². The summed E-state index contributed by atoms with van der Waals surface area (Å²) in [4.78, 5) is 13.4. The highest BCUT2D eigenvalue weighted by Crippen LogP contribution is 2.28. The lowest BCUT2D eigenvalue weighted by atomic mass is 10.1. The lowest BCUT2D eigenvalue weighted by Crippen LogP contribution is -2.24. The third-order valence-electron chi connectivity index (χ3n) is 3.17. The average molecular weight is 251 g/mol. The summed E-state index contributed by atoms with van der Waals surface area (Å²) in [6.45, 7) is 1.10. The molecule has 5 nitrogen and oxygen atoms in total. The molecule has 1 aliphatic heterocycles. The van der Waals surface area contributed by atoms with Gasteiger partial charge in [-0.1, -0.05) is 6.07 Å². The summed E-state index contributed by atoms with van der Waals surface area (Å²) in [7, 11) is 1.49. The van der Waals surface area contributed by atoms with Crippen molar-refractivity contribution in [3.8, 4) is 11.5 Å². The molecule has 2 N–H and O–H groups in total. The van der Waals surface area contributed by atoms with Crippen molar-refractivity contribution in [2.75, 3.05) is 20.3 Å². The van der Waals surface area contributed by atoms with E-state index < -0.39 is 0 Å². The van der Waals surface area contributed by atoms with E-state index in [1.54, 1.807) is 23.1 Å². The Balaban J connectivity index is 2.08. The maximum Gasteiger partial charge on any atom is 0.223 e. The van der Waals surface area contributed by atoms with Gasteiger partial charge in [-0.15, -0.1) is 0 Å². The zero-order valence-electron chi connectivity index (χ0n) is 10.3. The second-order valence-electron chi connectivity index (χ2n) is 4.53. The van der Waals surface area contributed by atoms with Gasteiger partial charge in [0.15, 0.2) is 11.5 Å². The van der Waals surface area contributed by atoms with Crippen LogP contribution in [0.3, 0.4) is 0 Å². The van der Waals surface area contributed by atoms with Crippen molar-refractivity contribution < 1.29 is 19.7 Å². The van der Waals surface area contributed by atoms with Crippen LogP contribution in [0, 0.1) is 5.92 Å². The zero-order valence-corrected chi connectivity index (χ0v) is 10.3. The highest BCUT2D eigenvalue weighted by Gasteiger charge is 2.28. The van der Waals surface area contributed by atoms with E-state index in [0.717, 1.165) is 5.56 Å². The lowest BCUT2D eigenvalue weighted by molar-refractivity contribution is -0.128. The number of phenolic OH excluding ortho intramolecular Hbond substituents is 1. The van der Waals surface area contributed by atoms with E-state index in [4.69, 9.17) is 9.84 Å². The number of aliphatic hydroxyl groups is 1. The summed E-state index contributed by atoms with van der Waals surface area (Å²) >= 11 is 0. The summed E-state index contributed by atoms with van der Waals surface area (Å²) in [5.41, 5.74) is 0.900. The number of methoxy groups -OCH3 is 1.